The molecular weight excluding hydrogens is 312 g/mol. The summed E-state index contributed by atoms with van der Waals surface area (Å²) in [5, 5.41) is 0.590. The van der Waals surface area contributed by atoms with Gasteiger partial charge in [0.15, 0.2) is 0 Å². The van der Waals surface area contributed by atoms with Crippen LogP contribution in [0.3, 0.4) is 0 Å². The molecule has 0 aliphatic carbocycles. The maximum Gasteiger partial charge on any atom is 0.0656 e. The van der Waals surface area contributed by atoms with Crippen molar-refractivity contribution in [3.05, 3.63) is 63.1 Å². The van der Waals surface area contributed by atoms with Gasteiger partial charge in [-0.25, -0.2) is 0 Å². The van der Waals surface area contributed by atoms with Crippen LogP contribution in [-0.2, 0) is 6.54 Å². The molecule has 0 radical (unpaired) electrons. The number of rotatable bonds is 3. The molecule has 0 fully saturated rings. The van der Waals surface area contributed by atoms with Gasteiger partial charge in [-0.15, -0.1) is 0 Å². The summed E-state index contributed by atoms with van der Waals surface area (Å²) >= 11 is 9.53. The highest BCUT2D eigenvalue weighted by molar-refractivity contribution is 9.10. The molecule has 18 heavy (non-hydrogen) atoms. The number of nitrogen functional groups attached to an aromatic ring is 1. The first-order valence-corrected chi connectivity index (χ1v) is 6.63. The van der Waals surface area contributed by atoms with E-state index >= 15 is 0 Å². The summed E-state index contributed by atoms with van der Waals surface area (Å²) in [4.78, 5) is 4.36. The molecule has 0 heterocycles. The normalized spacial score (nSPS) is 11.0. The van der Waals surface area contributed by atoms with E-state index in [1.165, 1.54) is 0 Å². The Bertz CT molecular complexity index is 568. The number of anilines is 1. The zero-order valence-electron chi connectivity index (χ0n) is 9.61. The van der Waals surface area contributed by atoms with E-state index in [2.05, 4.69) is 20.9 Å². The highest BCUT2D eigenvalue weighted by Gasteiger charge is 2.05. The van der Waals surface area contributed by atoms with Crippen LogP contribution in [0.1, 0.15) is 11.1 Å². The second kappa shape index (κ2) is 6.03. The summed E-state index contributed by atoms with van der Waals surface area (Å²) in [7, 11) is 0. The lowest BCUT2D eigenvalue weighted by molar-refractivity contribution is 1.08. The van der Waals surface area contributed by atoms with Crippen molar-refractivity contribution in [2.75, 3.05) is 5.73 Å². The van der Waals surface area contributed by atoms with E-state index in [-0.39, 0.29) is 0 Å². The first-order valence-electron chi connectivity index (χ1n) is 5.45. The van der Waals surface area contributed by atoms with E-state index in [9.17, 15) is 0 Å². The quantitative estimate of drug-likeness (QED) is 0.663. The molecule has 0 saturated heterocycles. The van der Waals surface area contributed by atoms with Gasteiger partial charge in [-0.3, -0.25) is 4.99 Å². The minimum atomic E-state index is 0.590. The van der Waals surface area contributed by atoms with E-state index in [1.54, 1.807) is 12.3 Å². The maximum atomic E-state index is 6.16. The number of aliphatic imine (C=N–C) groups is 1. The Morgan fingerprint density at radius 1 is 1.17 bits per heavy atom. The topological polar surface area (TPSA) is 38.4 Å². The zero-order chi connectivity index (χ0) is 13.0. The summed E-state index contributed by atoms with van der Waals surface area (Å²) in [6.07, 6.45) is 1.72. The van der Waals surface area contributed by atoms with Crippen LogP contribution in [0.5, 0.6) is 0 Å². The first kappa shape index (κ1) is 13.1. The van der Waals surface area contributed by atoms with Crippen LogP contribution in [0.2, 0.25) is 5.02 Å². The fourth-order valence-electron chi connectivity index (χ4n) is 1.54. The van der Waals surface area contributed by atoms with E-state index in [4.69, 9.17) is 17.3 Å². The Labute approximate surface area is 120 Å². The largest absolute Gasteiger partial charge is 0.398 e. The average Bonchev–Trinajstić information content (AvgIpc) is 2.39. The van der Waals surface area contributed by atoms with Gasteiger partial charge in [-0.05, 0) is 33.6 Å². The van der Waals surface area contributed by atoms with Crippen LogP contribution in [0.15, 0.2) is 51.9 Å². The van der Waals surface area contributed by atoms with Crippen molar-refractivity contribution in [2.24, 2.45) is 4.99 Å². The third-order valence-electron chi connectivity index (χ3n) is 2.50. The number of hydrogen-bond donors (Lipinski definition) is 1. The van der Waals surface area contributed by atoms with Crippen molar-refractivity contribution in [3.63, 3.8) is 0 Å². The van der Waals surface area contributed by atoms with Gasteiger partial charge in [0.2, 0.25) is 0 Å². The molecule has 0 aromatic heterocycles. The van der Waals surface area contributed by atoms with Gasteiger partial charge in [-0.1, -0.05) is 41.9 Å². The van der Waals surface area contributed by atoms with Crippen molar-refractivity contribution in [3.8, 4) is 0 Å². The molecule has 2 N–H and O–H groups in total. The van der Waals surface area contributed by atoms with Crippen LogP contribution < -0.4 is 5.73 Å². The van der Waals surface area contributed by atoms with Crippen molar-refractivity contribution in [1.82, 2.24) is 0 Å². The van der Waals surface area contributed by atoms with E-state index in [1.807, 2.05) is 36.4 Å². The summed E-state index contributed by atoms with van der Waals surface area (Å²) < 4.78 is 0.819. The first-order chi connectivity index (χ1) is 8.68. The number of halogens is 2. The summed E-state index contributed by atoms with van der Waals surface area (Å²) in [5.41, 5.74) is 8.40. The smallest absolute Gasteiger partial charge is 0.0656 e. The van der Waals surface area contributed by atoms with Gasteiger partial charge < -0.3 is 5.73 Å². The summed E-state index contributed by atoms with van der Waals surface area (Å²) in [6, 6.07) is 13.7. The van der Waals surface area contributed by atoms with Crippen molar-refractivity contribution >= 4 is 39.4 Å². The molecule has 92 valence electrons. The molecular formula is C14H12BrClN2. The number of nitrogens with zero attached hydrogens (tertiary/aromatic N) is 1. The van der Waals surface area contributed by atoms with Crippen LogP contribution >= 0.6 is 27.5 Å². The Morgan fingerprint density at radius 2 is 1.89 bits per heavy atom. The second-order valence-electron chi connectivity index (χ2n) is 3.82. The summed E-state index contributed by atoms with van der Waals surface area (Å²) in [5.74, 6) is 0. The molecule has 0 aliphatic rings. The average molecular weight is 324 g/mol. The molecule has 0 unspecified atom stereocenters. The van der Waals surface area contributed by atoms with E-state index in [0.29, 0.717) is 17.3 Å². The van der Waals surface area contributed by atoms with Gasteiger partial charge in [0.1, 0.15) is 0 Å². The monoisotopic (exact) mass is 322 g/mol. The highest BCUT2D eigenvalue weighted by atomic mass is 79.9. The van der Waals surface area contributed by atoms with Crippen LogP contribution in [0, 0.1) is 0 Å². The van der Waals surface area contributed by atoms with E-state index in [0.717, 1.165) is 15.6 Å². The van der Waals surface area contributed by atoms with Crippen molar-refractivity contribution in [2.45, 2.75) is 6.54 Å². The third-order valence-corrected chi connectivity index (χ3v) is 3.80. The molecule has 0 atom stereocenters. The number of benzene rings is 2. The van der Waals surface area contributed by atoms with Gasteiger partial charge in [0, 0.05) is 21.9 Å². The zero-order valence-corrected chi connectivity index (χ0v) is 11.9. The Morgan fingerprint density at radius 3 is 2.61 bits per heavy atom. The van der Waals surface area contributed by atoms with E-state index < -0.39 is 0 Å². The molecule has 0 bridgehead atoms. The molecule has 0 aliphatic heterocycles. The molecule has 0 spiro atoms. The standard InChI is InChI=1S/C14H12BrClN2/c15-12-6-7-13(17)11(14(12)16)9-18-8-10-4-2-1-3-5-10/h1-7,9H,8,17H2. The lowest BCUT2D eigenvalue weighted by atomic mass is 10.2. The number of hydrogen-bond acceptors (Lipinski definition) is 2. The van der Waals surface area contributed by atoms with Crippen LogP contribution in [0.4, 0.5) is 5.69 Å². The minimum absolute atomic E-state index is 0.590. The van der Waals surface area contributed by atoms with Crippen LogP contribution in [0.25, 0.3) is 0 Å². The van der Waals surface area contributed by atoms with Gasteiger partial charge in [-0.2, -0.15) is 0 Å². The lowest BCUT2D eigenvalue weighted by Gasteiger charge is -2.04. The van der Waals surface area contributed by atoms with Crippen molar-refractivity contribution in [1.29, 1.82) is 0 Å². The molecule has 2 nitrogen and oxygen atoms in total. The fourth-order valence-corrected chi connectivity index (χ4v) is 2.10. The SMILES string of the molecule is Nc1ccc(Br)c(Cl)c1C=NCc1ccccc1. The lowest BCUT2D eigenvalue weighted by Crippen LogP contribution is -1.95. The maximum absolute atomic E-state index is 6.16. The summed E-state index contributed by atoms with van der Waals surface area (Å²) in [6.45, 7) is 0.614. The molecule has 4 heteroatoms. The third kappa shape index (κ3) is 3.12. The van der Waals surface area contributed by atoms with Gasteiger partial charge >= 0.3 is 0 Å². The van der Waals surface area contributed by atoms with Crippen molar-refractivity contribution < 1.29 is 0 Å². The fraction of sp³-hybridized carbons (Fsp3) is 0.0714. The Balaban J connectivity index is 2.17. The molecule has 0 saturated carbocycles. The number of nitrogens with two attached hydrogens (primary N) is 1. The minimum Gasteiger partial charge on any atom is -0.398 e. The highest BCUT2D eigenvalue weighted by Crippen LogP contribution is 2.29. The molecule has 2 rings (SSSR count). The molecule has 2 aromatic rings. The van der Waals surface area contributed by atoms with Gasteiger partial charge in [0.05, 0.1) is 11.6 Å². The molecule has 2 aromatic carbocycles. The second-order valence-corrected chi connectivity index (χ2v) is 5.05. The Kier molecular flexibility index (Phi) is 4.39. The Hall–Kier alpha value is -1.32. The van der Waals surface area contributed by atoms with Crippen LogP contribution in [-0.4, -0.2) is 6.21 Å². The molecule has 0 amide bonds. The predicted octanol–water partition coefficient (Wildman–Crippen LogP) is 4.30. The predicted molar refractivity (Wildman–Crippen MR) is 81.3 cm³/mol. The van der Waals surface area contributed by atoms with Gasteiger partial charge in [0.25, 0.3) is 0 Å².